The molecule has 4 amide bonds. The molecule has 1 aromatic carbocycles. The van der Waals surface area contributed by atoms with Gasteiger partial charge in [0.25, 0.3) is 5.91 Å². The van der Waals surface area contributed by atoms with Crippen LogP contribution in [0.3, 0.4) is 0 Å². The van der Waals surface area contributed by atoms with Gasteiger partial charge in [-0.15, -0.1) is 0 Å². The molecule has 26 heavy (non-hydrogen) atoms. The summed E-state index contributed by atoms with van der Waals surface area (Å²) in [7, 11) is 1.51. The molecule has 8 nitrogen and oxygen atoms in total. The van der Waals surface area contributed by atoms with Gasteiger partial charge in [-0.3, -0.25) is 24.9 Å². The number of benzene rings is 1. The molecule has 3 rings (SSSR count). The summed E-state index contributed by atoms with van der Waals surface area (Å²) in [5.74, 6) is -0.529. The van der Waals surface area contributed by atoms with Gasteiger partial charge >= 0.3 is 6.03 Å². The SMILES string of the molecule is CCC(=O)NN(C)C(=O)[C@H]1CC[C@H]2CN1C(=O)N2OCc1ccccc1. The van der Waals surface area contributed by atoms with Gasteiger partial charge in [0.15, 0.2) is 0 Å². The highest BCUT2D eigenvalue weighted by Gasteiger charge is 2.48. The first kappa shape index (κ1) is 18.2. The van der Waals surface area contributed by atoms with Crippen LogP contribution in [0.4, 0.5) is 4.79 Å². The van der Waals surface area contributed by atoms with E-state index in [1.165, 1.54) is 22.0 Å². The molecule has 0 unspecified atom stereocenters. The first-order chi connectivity index (χ1) is 12.5. The molecule has 2 aliphatic rings. The van der Waals surface area contributed by atoms with Crippen molar-refractivity contribution in [2.75, 3.05) is 13.6 Å². The number of hydrogen-bond acceptors (Lipinski definition) is 4. The fraction of sp³-hybridized carbons (Fsp3) is 0.500. The van der Waals surface area contributed by atoms with Gasteiger partial charge in [0.05, 0.1) is 6.04 Å². The highest BCUT2D eigenvalue weighted by atomic mass is 16.7. The summed E-state index contributed by atoms with van der Waals surface area (Å²) in [4.78, 5) is 44.1. The Hall–Kier alpha value is -2.61. The van der Waals surface area contributed by atoms with Crippen molar-refractivity contribution in [2.24, 2.45) is 0 Å². The van der Waals surface area contributed by atoms with Gasteiger partial charge in [0.1, 0.15) is 12.6 Å². The van der Waals surface area contributed by atoms with Crippen LogP contribution in [0.15, 0.2) is 30.3 Å². The number of rotatable bonds is 5. The fourth-order valence-electron chi connectivity index (χ4n) is 3.32. The molecule has 2 fully saturated rings. The number of piperidine rings is 1. The summed E-state index contributed by atoms with van der Waals surface area (Å²) < 4.78 is 0. The number of amides is 4. The van der Waals surface area contributed by atoms with Crippen LogP contribution in [-0.4, -0.2) is 58.5 Å². The Morgan fingerprint density at radius 3 is 2.69 bits per heavy atom. The normalized spacial score (nSPS) is 21.7. The molecule has 2 saturated heterocycles. The minimum absolute atomic E-state index is 0.0502. The fourth-order valence-corrected chi connectivity index (χ4v) is 3.32. The number of nitrogens with zero attached hydrogens (tertiary/aromatic N) is 3. The summed E-state index contributed by atoms with van der Waals surface area (Å²) in [6.45, 7) is 2.48. The second kappa shape index (κ2) is 7.74. The first-order valence-electron chi connectivity index (χ1n) is 8.85. The predicted octanol–water partition coefficient (Wildman–Crippen LogP) is 1.29. The maximum absolute atomic E-state index is 12.7. The molecular formula is C18H24N4O4. The highest BCUT2D eigenvalue weighted by Crippen LogP contribution is 2.31. The number of fused-ring (bicyclic) bond motifs is 2. The summed E-state index contributed by atoms with van der Waals surface area (Å²) in [5, 5.41) is 2.57. The molecule has 140 valence electrons. The van der Waals surface area contributed by atoms with E-state index in [4.69, 9.17) is 4.84 Å². The van der Waals surface area contributed by atoms with Crippen molar-refractivity contribution in [2.45, 2.75) is 44.9 Å². The van der Waals surface area contributed by atoms with Gasteiger partial charge in [0, 0.05) is 20.0 Å². The Morgan fingerprint density at radius 1 is 1.27 bits per heavy atom. The molecule has 2 aliphatic heterocycles. The lowest BCUT2D eigenvalue weighted by Crippen LogP contribution is -2.54. The molecule has 2 bridgehead atoms. The van der Waals surface area contributed by atoms with E-state index in [0.717, 1.165) is 5.56 Å². The standard InChI is InChI=1S/C18H24N4O4/c1-3-16(23)19-20(2)17(24)15-10-9-14-11-21(15)18(25)22(14)26-12-13-7-5-4-6-8-13/h4-8,14-15H,3,9-12H2,1-2H3,(H,19,23)/t14-,15+/m0/s1. The molecule has 0 aliphatic carbocycles. The van der Waals surface area contributed by atoms with Crippen LogP contribution < -0.4 is 5.43 Å². The monoisotopic (exact) mass is 360 g/mol. The van der Waals surface area contributed by atoms with Gasteiger partial charge in [0.2, 0.25) is 5.91 Å². The number of hydrogen-bond donors (Lipinski definition) is 1. The van der Waals surface area contributed by atoms with Crippen LogP contribution >= 0.6 is 0 Å². The Morgan fingerprint density at radius 2 is 2.00 bits per heavy atom. The lowest BCUT2D eigenvalue weighted by atomic mass is 10.0. The lowest BCUT2D eigenvalue weighted by Gasteiger charge is -2.32. The molecule has 8 heteroatoms. The van der Waals surface area contributed by atoms with Crippen LogP contribution in [0.2, 0.25) is 0 Å². The number of carbonyl (C=O) groups excluding carboxylic acids is 3. The molecule has 1 N–H and O–H groups in total. The zero-order valence-electron chi connectivity index (χ0n) is 15.1. The second-order valence-electron chi connectivity index (χ2n) is 6.55. The van der Waals surface area contributed by atoms with Gasteiger partial charge in [-0.2, -0.15) is 5.06 Å². The van der Waals surface area contributed by atoms with Crippen molar-refractivity contribution in [1.29, 1.82) is 0 Å². The van der Waals surface area contributed by atoms with Crippen molar-refractivity contribution in [3.8, 4) is 0 Å². The Labute approximate surface area is 152 Å². The molecule has 2 atom stereocenters. The molecule has 0 saturated carbocycles. The Bertz CT molecular complexity index is 681. The average molecular weight is 360 g/mol. The molecule has 0 aromatic heterocycles. The molecule has 1 aromatic rings. The number of likely N-dealkylation sites (N-methyl/N-ethyl adjacent to an activating group) is 1. The number of carbonyl (C=O) groups is 3. The minimum Gasteiger partial charge on any atom is -0.309 e. The van der Waals surface area contributed by atoms with Crippen LogP contribution in [-0.2, 0) is 21.0 Å². The molecule has 0 spiro atoms. The van der Waals surface area contributed by atoms with Crippen molar-refractivity contribution in [3.63, 3.8) is 0 Å². The van der Waals surface area contributed by atoms with Gasteiger partial charge < -0.3 is 4.90 Å². The number of urea groups is 1. The van der Waals surface area contributed by atoms with Gasteiger partial charge in [-0.05, 0) is 18.4 Å². The average Bonchev–Trinajstić information content (AvgIpc) is 2.90. The highest BCUT2D eigenvalue weighted by molar-refractivity contribution is 5.89. The molecule has 2 heterocycles. The first-order valence-corrected chi connectivity index (χ1v) is 8.85. The summed E-state index contributed by atoms with van der Waals surface area (Å²) >= 11 is 0. The minimum atomic E-state index is -0.578. The maximum atomic E-state index is 12.7. The van der Waals surface area contributed by atoms with Gasteiger partial charge in [-0.1, -0.05) is 37.3 Å². The summed E-state index contributed by atoms with van der Waals surface area (Å²) in [6.07, 6.45) is 1.52. The van der Waals surface area contributed by atoms with Crippen molar-refractivity contribution >= 4 is 17.8 Å². The zero-order valence-corrected chi connectivity index (χ0v) is 15.1. The quantitative estimate of drug-likeness (QED) is 0.802. The van der Waals surface area contributed by atoms with E-state index in [1.54, 1.807) is 6.92 Å². The molecule has 0 radical (unpaired) electrons. The number of nitrogens with one attached hydrogen (secondary N) is 1. The van der Waals surface area contributed by atoms with Crippen LogP contribution in [0, 0.1) is 0 Å². The van der Waals surface area contributed by atoms with Crippen molar-refractivity contribution in [1.82, 2.24) is 20.4 Å². The van der Waals surface area contributed by atoms with Crippen molar-refractivity contribution in [3.05, 3.63) is 35.9 Å². The van der Waals surface area contributed by atoms with Crippen molar-refractivity contribution < 1.29 is 19.2 Å². The topological polar surface area (TPSA) is 82.2 Å². The van der Waals surface area contributed by atoms with E-state index in [1.807, 2.05) is 30.3 Å². The summed E-state index contributed by atoms with van der Waals surface area (Å²) in [6, 6.07) is 8.71. The van der Waals surface area contributed by atoms with E-state index in [-0.39, 0.29) is 30.3 Å². The third-order valence-electron chi connectivity index (χ3n) is 4.77. The predicted molar refractivity (Wildman–Crippen MR) is 93.2 cm³/mol. The summed E-state index contributed by atoms with van der Waals surface area (Å²) in [5.41, 5.74) is 3.50. The number of hydroxylamine groups is 2. The van der Waals surface area contributed by atoms with Crippen LogP contribution in [0.1, 0.15) is 31.7 Å². The smallest absolute Gasteiger partial charge is 0.309 e. The zero-order chi connectivity index (χ0) is 18.7. The van der Waals surface area contributed by atoms with Crippen LogP contribution in [0.25, 0.3) is 0 Å². The third-order valence-corrected chi connectivity index (χ3v) is 4.77. The van der Waals surface area contributed by atoms with E-state index in [2.05, 4.69) is 5.43 Å². The molecular weight excluding hydrogens is 336 g/mol. The van der Waals surface area contributed by atoms with Crippen LogP contribution in [0.5, 0.6) is 0 Å². The van der Waals surface area contributed by atoms with Gasteiger partial charge in [-0.25, -0.2) is 4.79 Å². The van der Waals surface area contributed by atoms with E-state index < -0.39 is 6.04 Å². The largest absolute Gasteiger partial charge is 0.345 e. The number of hydrazine groups is 1. The van der Waals surface area contributed by atoms with E-state index in [0.29, 0.717) is 26.0 Å². The lowest BCUT2D eigenvalue weighted by molar-refractivity contribution is -0.144. The van der Waals surface area contributed by atoms with E-state index >= 15 is 0 Å². The maximum Gasteiger partial charge on any atom is 0.345 e. The second-order valence-corrected chi connectivity index (χ2v) is 6.55. The van der Waals surface area contributed by atoms with E-state index in [9.17, 15) is 14.4 Å². The Kier molecular flexibility index (Phi) is 5.41. The Balaban J connectivity index is 1.62. The third kappa shape index (κ3) is 3.65.